The van der Waals surface area contributed by atoms with Crippen LogP contribution in [0.4, 0.5) is 4.79 Å². The van der Waals surface area contributed by atoms with Gasteiger partial charge in [-0.3, -0.25) is 4.79 Å². The maximum absolute atomic E-state index is 12.6. The molecule has 2 amide bonds. The Kier molecular flexibility index (Phi) is 7.13. The monoisotopic (exact) mass is 372 g/mol. The number of carbonyl (C=O) groups excluding carboxylic acids is 2. The van der Waals surface area contributed by atoms with Crippen molar-refractivity contribution in [2.75, 3.05) is 33.3 Å². The van der Waals surface area contributed by atoms with E-state index in [2.05, 4.69) is 35.2 Å². The number of likely N-dealkylation sites (tertiary alicyclic amines) is 2. The summed E-state index contributed by atoms with van der Waals surface area (Å²) >= 11 is 0. The lowest BCUT2D eigenvalue weighted by Crippen LogP contribution is -2.40. The van der Waals surface area contributed by atoms with E-state index in [1.807, 2.05) is 0 Å². The second kappa shape index (κ2) is 9.77. The number of hydrogen-bond donors (Lipinski definition) is 0. The van der Waals surface area contributed by atoms with Gasteiger partial charge in [-0.25, -0.2) is 4.79 Å². The minimum absolute atomic E-state index is 0.233. The average molecular weight is 373 g/mol. The Bertz CT molecular complexity index is 603. The molecule has 0 spiro atoms. The Balaban J connectivity index is 1.33. The molecule has 5 nitrogen and oxygen atoms in total. The molecule has 5 heteroatoms. The van der Waals surface area contributed by atoms with Gasteiger partial charge in [0.05, 0.1) is 7.11 Å². The molecule has 2 fully saturated rings. The molecule has 3 rings (SSSR count). The van der Waals surface area contributed by atoms with Crippen LogP contribution in [0.25, 0.3) is 0 Å². The number of benzene rings is 1. The van der Waals surface area contributed by atoms with Crippen molar-refractivity contribution in [1.82, 2.24) is 9.80 Å². The minimum Gasteiger partial charge on any atom is -0.453 e. The molecule has 0 aromatic heterocycles. The summed E-state index contributed by atoms with van der Waals surface area (Å²) in [6, 6.07) is 10.7. The molecule has 0 aliphatic carbocycles. The van der Waals surface area contributed by atoms with Gasteiger partial charge in [0.1, 0.15) is 0 Å². The van der Waals surface area contributed by atoms with Crippen molar-refractivity contribution in [3.8, 4) is 0 Å². The topological polar surface area (TPSA) is 49.9 Å². The second-order valence-electron chi connectivity index (χ2n) is 7.95. The highest BCUT2D eigenvalue weighted by Crippen LogP contribution is 2.25. The molecule has 0 unspecified atom stereocenters. The van der Waals surface area contributed by atoms with Gasteiger partial charge in [-0.2, -0.15) is 0 Å². The van der Waals surface area contributed by atoms with Gasteiger partial charge < -0.3 is 14.5 Å². The Hall–Kier alpha value is -2.04. The molecule has 2 saturated heterocycles. The highest BCUT2D eigenvalue weighted by atomic mass is 16.5. The average Bonchev–Trinajstić information content (AvgIpc) is 2.73. The molecule has 2 aliphatic heterocycles. The van der Waals surface area contributed by atoms with Crippen LogP contribution in [0.1, 0.15) is 44.1 Å². The molecule has 0 N–H and O–H groups in total. The van der Waals surface area contributed by atoms with Crippen molar-refractivity contribution in [3.63, 3.8) is 0 Å². The first-order chi connectivity index (χ1) is 13.2. The molecule has 0 saturated carbocycles. The fourth-order valence-electron chi connectivity index (χ4n) is 4.35. The number of ether oxygens (including phenoxy) is 1. The molecule has 0 atom stereocenters. The van der Waals surface area contributed by atoms with Crippen LogP contribution in [0.2, 0.25) is 0 Å². The zero-order chi connectivity index (χ0) is 19.1. The summed E-state index contributed by atoms with van der Waals surface area (Å²) in [6.45, 7) is 3.29. The quantitative estimate of drug-likeness (QED) is 0.791. The van der Waals surface area contributed by atoms with Crippen molar-refractivity contribution in [1.29, 1.82) is 0 Å². The number of piperidine rings is 2. The Labute approximate surface area is 162 Å². The zero-order valence-electron chi connectivity index (χ0n) is 16.4. The first kappa shape index (κ1) is 19.7. The fourth-order valence-corrected chi connectivity index (χ4v) is 4.35. The molecule has 0 radical (unpaired) electrons. The molecular weight excluding hydrogens is 340 g/mol. The first-order valence-electron chi connectivity index (χ1n) is 10.3. The highest BCUT2D eigenvalue weighted by molar-refractivity contribution is 5.76. The molecular formula is C22H32N2O3. The summed E-state index contributed by atoms with van der Waals surface area (Å²) in [6.07, 6.45) is 6.65. The Morgan fingerprint density at radius 3 is 2.15 bits per heavy atom. The van der Waals surface area contributed by atoms with Crippen molar-refractivity contribution >= 4 is 12.0 Å². The van der Waals surface area contributed by atoms with Crippen LogP contribution in [0.3, 0.4) is 0 Å². The Morgan fingerprint density at radius 2 is 1.52 bits per heavy atom. The zero-order valence-corrected chi connectivity index (χ0v) is 16.4. The van der Waals surface area contributed by atoms with Gasteiger partial charge in [0.2, 0.25) is 5.91 Å². The molecule has 27 heavy (non-hydrogen) atoms. The molecule has 148 valence electrons. The third kappa shape index (κ3) is 5.72. The second-order valence-corrected chi connectivity index (χ2v) is 7.95. The van der Waals surface area contributed by atoms with Crippen LogP contribution in [-0.4, -0.2) is 55.1 Å². The van der Waals surface area contributed by atoms with E-state index in [4.69, 9.17) is 4.74 Å². The number of hydrogen-bond acceptors (Lipinski definition) is 3. The van der Waals surface area contributed by atoms with Crippen LogP contribution in [0, 0.1) is 11.8 Å². The smallest absolute Gasteiger partial charge is 0.409 e. The van der Waals surface area contributed by atoms with Crippen LogP contribution in [0.5, 0.6) is 0 Å². The predicted octanol–water partition coefficient (Wildman–Crippen LogP) is 3.73. The number of rotatable bonds is 5. The van der Waals surface area contributed by atoms with Crippen LogP contribution in [0.15, 0.2) is 30.3 Å². The molecule has 2 heterocycles. The standard InChI is InChI=1S/C22H32N2O3/c1-27-22(26)24-15-9-18(10-16-24)7-8-21(25)23-13-11-20(12-14-23)17-19-5-3-2-4-6-19/h2-6,18,20H,7-17H2,1H3. The molecule has 1 aromatic carbocycles. The van der Waals surface area contributed by atoms with Gasteiger partial charge in [-0.05, 0) is 55.9 Å². The summed E-state index contributed by atoms with van der Waals surface area (Å²) in [5.41, 5.74) is 1.40. The van der Waals surface area contributed by atoms with E-state index in [0.29, 0.717) is 24.2 Å². The van der Waals surface area contributed by atoms with Crippen LogP contribution in [-0.2, 0) is 16.0 Å². The van der Waals surface area contributed by atoms with Crippen LogP contribution < -0.4 is 0 Å². The van der Waals surface area contributed by atoms with Crippen LogP contribution >= 0.6 is 0 Å². The van der Waals surface area contributed by atoms with E-state index in [0.717, 1.165) is 64.7 Å². The molecule has 0 bridgehead atoms. The van der Waals surface area contributed by atoms with E-state index in [-0.39, 0.29) is 6.09 Å². The number of carbonyl (C=O) groups is 2. The normalized spacial score (nSPS) is 19.1. The van der Waals surface area contributed by atoms with Crippen molar-refractivity contribution in [2.45, 2.75) is 44.9 Å². The van der Waals surface area contributed by atoms with E-state index >= 15 is 0 Å². The lowest BCUT2D eigenvalue weighted by atomic mass is 9.89. The first-order valence-corrected chi connectivity index (χ1v) is 10.3. The molecule has 2 aliphatic rings. The van der Waals surface area contributed by atoms with Crippen molar-refractivity contribution in [3.05, 3.63) is 35.9 Å². The summed E-state index contributed by atoms with van der Waals surface area (Å²) < 4.78 is 4.77. The number of nitrogens with zero attached hydrogens (tertiary/aromatic N) is 2. The lowest BCUT2D eigenvalue weighted by molar-refractivity contribution is -0.133. The van der Waals surface area contributed by atoms with Gasteiger partial charge in [0.25, 0.3) is 0 Å². The van der Waals surface area contributed by atoms with Gasteiger partial charge in [0, 0.05) is 32.6 Å². The lowest BCUT2D eigenvalue weighted by Gasteiger charge is -2.33. The third-order valence-electron chi connectivity index (χ3n) is 6.15. The number of amides is 2. The number of methoxy groups -OCH3 is 1. The summed E-state index contributed by atoms with van der Waals surface area (Å²) in [7, 11) is 1.43. The van der Waals surface area contributed by atoms with Gasteiger partial charge in [0.15, 0.2) is 0 Å². The fraction of sp³-hybridized carbons (Fsp3) is 0.636. The minimum atomic E-state index is -0.233. The summed E-state index contributed by atoms with van der Waals surface area (Å²) in [5.74, 6) is 1.55. The van der Waals surface area contributed by atoms with E-state index < -0.39 is 0 Å². The summed E-state index contributed by atoms with van der Waals surface area (Å²) in [4.78, 5) is 27.9. The molecule has 1 aromatic rings. The third-order valence-corrected chi connectivity index (χ3v) is 6.15. The highest BCUT2D eigenvalue weighted by Gasteiger charge is 2.26. The van der Waals surface area contributed by atoms with E-state index in [9.17, 15) is 9.59 Å². The maximum Gasteiger partial charge on any atom is 0.409 e. The largest absolute Gasteiger partial charge is 0.453 e. The van der Waals surface area contributed by atoms with Crippen molar-refractivity contribution < 1.29 is 14.3 Å². The van der Waals surface area contributed by atoms with Gasteiger partial charge in [-0.1, -0.05) is 30.3 Å². The van der Waals surface area contributed by atoms with E-state index in [1.165, 1.54) is 12.7 Å². The van der Waals surface area contributed by atoms with Crippen molar-refractivity contribution in [2.24, 2.45) is 11.8 Å². The van der Waals surface area contributed by atoms with Gasteiger partial charge >= 0.3 is 6.09 Å². The van der Waals surface area contributed by atoms with Gasteiger partial charge in [-0.15, -0.1) is 0 Å². The summed E-state index contributed by atoms with van der Waals surface area (Å²) in [5, 5.41) is 0. The van der Waals surface area contributed by atoms with E-state index in [1.54, 1.807) is 4.90 Å². The predicted molar refractivity (Wildman–Crippen MR) is 105 cm³/mol. The maximum atomic E-state index is 12.6. The SMILES string of the molecule is COC(=O)N1CCC(CCC(=O)N2CCC(Cc3ccccc3)CC2)CC1. The Morgan fingerprint density at radius 1 is 0.926 bits per heavy atom.